The Hall–Kier alpha value is -0.930. The maximum atomic E-state index is 5.79. The number of nitrogens with two attached hydrogens (primary N) is 1. The molecule has 0 bridgehead atoms. The van der Waals surface area contributed by atoms with Gasteiger partial charge in [-0.2, -0.15) is 0 Å². The molecule has 2 aromatic rings. The Morgan fingerprint density at radius 2 is 2.14 bits per heavy atom. The molecule has 0 aliphatic heterocycles. The summed E-state index contributed by atoms with van der Waals surface area (Å²) < 4.78 is 1.06. The van der Waals surface area contributed by atoms with Crippen molar-refractivity contribution < 1.29 is 0 Å². The van der Waals surface area contributed by atoms with Crippen molar-refractivity contribution in [3.8, 4) is 0 Å². The highest BCUT2D eigenvalue weighted by molar-refractivity contribution is 9.10. The molecule has 0 saturated carbocycles. The quantitative estimate of drug-likeness (QED) is 0.846. The maximum Gasteiger partial charge on any atom is 0.0702 e. The number of fused-ring (bicyclic) bond motifs is 1. The first-order valence-electron chi connectivity index (χ1n) is 4.47. The standard InChI is InChI=1S/C11H11BrN2/c1-7(13)9-4-8-5-10(12)2-3-11(8)14-6-9/h2-7H,13H2,1H3. The lowest BCUT2D eigenvalue weighted by atomic mass is 10.1. The molecule has 3 heteroatoms. The molecule has 0 radical (unpaired) electrons. The minimum Gasteiger partial charge on any atom is -0.324 e. The fraction of sp³-hybridized carbons (Fsp3) is 0.182. The van der Waals surface area contributed by atoms with Gasteiger partial charge in [-0.25, -0.2) is 0 Å². The summed E-state index contributed by atoms with van der Waals surface area (Å²) in [6, 6.07) is 8.14. The van der Waals surface area contributed by atoms with Crippen molar-refractivity contribution >= 4 is 26.8 Å². The molecule has 1 atom stereocenters. The summed E-state index contributed by atoms with van der Waals surface area (Å²) in [4.78, 5) is 4.34. The molecule has 1 aromatic heterocycles. The van der Waals surface area contributed by atoms with Gasteiger partial charge in [-0.15, -0.1) is 0 Å². The highest BCUT2D eigenvalue weighted by Gasteiger charge is 2.01. The van der Waals surface area contributed by atoms with E-state index in [1.807, 2.05) is 31.3 Å². The molecule has 0 aliphatic rings. The Morgan fingerprint density at radius 1 is 1.36 bits per heavy atom. The zero-order valence-electron chi connectivity index (χ0n) is 7.87. The van der Waals surface area contributed by atoms with Gasteiger partial charge in [0.2, 0.25) is 0 Å². The largest absolute Gasteiger partial charge is 0.324 e. The molecule has 1 heterocycles. The molecule has 2 rings (SSSR count). The third kappa shape index (κ3) is 1.79. The molecule has 2 N–H and O–H groups in total. The Morgan fingerprint density at radius 3 is 2.86 bits per heavy atom. The molecule has 0 saturated heterocycles. The molecule has 0 fully saturated rings. The predicted molar refractivity (Wildman–Crippen MR) is 62.0 cm³/mol. The number of hydrogen-bond donors (Lipinski definition) is 1. The molecule has 0 aliphatic carbocycles. The number of pyridine rings is 1. The number of rotatable bonds is 1. The van der Waals surface area contributed by atoms with Crippen molar-refractivity contribution in [3.05, 3.63) is 40.5 Å². The van der Waals surface area contributed by atoms with E-state index in [1.165, 1.54) is 0 Å². The maximum absolute atomic E-state index is 5.79. The lowest BCUT2D eigenvalue weighted by molar-refractivity contribution is 0.814. The summed E-state index contributed by atoms with van der Waals surface area (Å²) in [5.41, 5.74) is 7.85. The van der Waals surface area contributed by atoms with Gasteiger partial charge in [-0.1, -0.05) is 15.9 Å². The highest BCUT2D eigenvalue weighted by atomic mass is 79.9. The first-order valence-corrected chi connectivity index (χ1v) is 5.27. The predicted octanol–water partition coefficient (Wildman–Crippen LogP) is 3.02. The van der Waals surface area contributed by atoms with Crippen molar-refractivity contribution in [1.29, 1.82) is 0 Å². The second-order valence-electron chi connectivity index (χ2n) is 3.39. The summed E-state index contributed by atoms with van der Waals surface area (Å²) in [6.07, 6.45) is 1.83. The van der Waals surface area contributed by atoms with E-state index in [0.717, 1.165) is 20.9 Å². The second kappa shape index (κ2) is 3.67. The molecule has 2 nitrogen and oxygen atoms in total. The second-order valence-corrected chi connectivity index (χ2v) is 4.31. The van der Waals surface area contributed by atoms with Crippen LogP contribution in [0.4, 0.5) is 0 Å². The Labute approximate surface area is 91.3 Å². The normalized spacial score (nSPS) is 13.1. The molecule has 1 unspecified atom stereocenters. The fourth-order valence-electron chi connectivity index (χ4n) is 1.37. The van der Waals surface area contributed by atoms with Gasteiger partial charge in [0.1, 0.15) is 0 Å². The van der Waals surface area contributed by atoms with Gasteiger partial charge in [-0.05, 0) is 36.8 Å². The molecule has 0 spiro atoms. The molecule has 0 amide bonds. The van der Waals surface area contributed by atoms with E-state index in [2.05, 4.69) is 27.0 Å². The van der Waals surface area contributed by atoms with Gasteiger partial charge in [0.15, 0.2) is 0 Å². The van der Waals surface area contributed by atoms with Crippen LogP contribution in [0.15, 0.2) is 34.9 Å². The molecule has 14 heavy (non-hydrogen) atoms. The highest BCUT2D eigenvalue weighted by Crippen LogP contribution is 2.20. The smallest absolute Gasteiger partial charge is 0.0702 e. The van der Waals surface area contributed by atoms with Gasteiger partial charge in [0.25, 0.3) is 0 Å². The summed E-state index contributed by atoms with van der Waals surface area (Å²) in [7, 11) is 0. The molecular weight excluding hydrogens is 240 g/mol. The van der Waals surface area contributed by atoms with Crippen molar-refractivity contribution in [2.75, 3.05) is 0 Å². The number of nitrogens with zero attached hydrogens (tertiary/aromatic N) is 1. The van der Waals surface area contributed by atoms with Gasteiger partial charge in [0, 0.05) is 22.1 Å². The van der Waals surface area contributed by atoms with Crippen molar-refractivity contribution in [3.63, 3.8) is 0 Å². The molecule has 1 aromatic carbocycles. The first-order chi connectivity index (χ1) is 6.66. The van der Waals surface area contributed by atoms with E-state index in [9.17, 15) is 0 Å². The minimum absolute atomic E-state index is 0.0332. The zero-order valence-corrected chi connectivity index (χ0v) is 9.45. The Bertz CT molecular complexity index is 466. The summed E-state index contributed by atoms with van der Waals surface area (Å²) in [5, 5.41) is 1.12. The van der Waals surface area contributed by atoms with Gasteiger partial charge >= 0.3 is 0 Å². The van der Waals surface area contributed by atoms with E-state index >= 15 is 0 Å². The third-order valence-corrected chi connectivity index (χ3v) is 2.68. The Balaban J connectivity index is 2.63. The van der Waals surface area contributed by atoms with Crippen LogP contribution < -0.4 is 5.73 Å². The van der Waals surface area contributed by atoms with E-state index in [4.69, 9.17) is 5.73 Å². The van der Waals surface area contributed by atoms with Crippen LogP contribution in [0.1, 0.15) is 18.5 Å². The minimum atomic E-state index is 0.0332. The number of benzene rings is 1. The van der Waals surface area contributed by atoms with Crippen LogP contribution in [0.5, 0.6) is 0 Å². The molecular formula is C11H11BrN2. The van der Waals surface area contributed by atoms with Crippen molar-refractivity contribution in [2.45, 2.75) is 13.0 Å². The SMILES string of the molecule is CC(N)c1cnc2ccc(Br)cc2c1. The van der Waals surface area contributed by atoms with Crippen LogP contribution in [0.3, 0.4) is 0 Å². The number of aromatic nitrogens is 1. The van der Waals surface area contributed by atoms with Gasteiger partial charge in [-0.3, -0.25) is 4.98 Å². The van der Waals surface area contributed by atoms with Crippen LogP contribution >= 0.6 is 15.9 Å². The average Bonchev–Trinajstić information content (AvgIpc) is 2.16. The summed E-state index contributed by atoms with van der Waals surface area (Å²) in [5.74, 6) is 0. The monoisotopic (exact) mass is 250 g/mol. The lowest BCUT2D eigenvalue weighted by Gasteiger charge is -2.06. The van der Waals surface area contributed by atoms with Crippen LogP contribution in [0.2, 0.25) is 0 Å². The molecule has 72 valence electrons. The van der Waals surface area contributed by atoms with Gasteiger partial charge in [0.05, 0.1) is 5.52 Å². The average molecular weight is 251 g/mol. The van der Waals surface area contributed by atoms with Crippen molar-refractivity contribution in [1.82, 2.24) is 4.98 Å². The summed E-state index contributed by atoms with van der Waals surface area (Å²) >= 11 is 3.43. The van der Waals surface area contributed by atoms with Crippen LogP contribution in [-0.4, -0.2) is 4.98 Å². The van der Waals surface area contributed by atoms with Crippen LogP contribution in [-0.2, 0) is 0 Å². The van der Waals surface area contributed by atoms with E-state index in [-0.39, 0.29) is 6.04 Å². The zero-order chi connectivity index (χ0) is 10.1. The van der Waals surface area contributed by atoms with Crippen LogP contribution in [0.25, 0.3) is 10.9 Å². The first kappa shape index (κ1) is 9.62. The van der Waals surface area contributed by atoms with E-state index in [0.29, 0.717) is 0 Å². The topological polar surface area (TPSA) is 38.9 Å². The number of halogens is 1. The third-order valence-electron chi connectivity index (χ3n) is 2.19. The van der Waals surface area contributed by atoms with E-state index < -0.39 is 0 Å². The number of hydrogen-bond acceptors (Lipinski definition) is 2. The van der Waals surface area contributed by atoms with Gasteiger partial charge < -0.3 is 5.73 Å². The Kier molecular flexibility index (Phi) is 2.52. The lowest BCUT2D eigenvalue weighted by Crippen LogP contribution is -2.05. The summed E-state index contributed by atoms with van der Waals surface area (Å²) in [6.45, 7) is 1.96. The van der Waals surface area contributed by atoms with Crippen molar-refractivity contribution in [2.24, 2.45) is 5.73 Å². The fourth-order valence-corrected chi connectivity index (χ4v) is 1.75. The van der Waals surface area contributed by atoms with E-state index in [1.54, 1.807) is 0 Å². The van der Waals surface area contributed by atoms with Crippen LogP contribution in [0, 0.1) is 0 Å².